The van der Waals surface area contributed by atoms with E-state index < -0.39 is 0 Å². The minimum Gasteiger partial charge on any atom is -0.353 e. The molecule has 7 nitrogen and oxygen atoms in total. The Bertz CT molecular complexity index is 833. The number of carbonyl (C=O) groups excluding carboxylic acids is 2. The molecule has 0 aliphatic carbocycles. The van der Waals surface area contributed by atoms with E-state index >= 15 is 0 Å². The van der Waals surface area contributed by atoms with Gasteiger partial charge < -0.3 is 14.7 Å². The number of piperazine rings is 1. The van der Waals surface area contributed by atoms with Crippen molar-refractivity contribution in [2.75, 3.05) is 37.6 Å². The van der Waals surface area contributed by atoms with Gasteiger partial charge in [-0.2, -0.15) is 0 Å². The summed E-state index contributed by atoms with van der Waals surface area (Å²) in [6, 6.07) is 5.29. The summed E-state index contributed by atoms with van der Waals surface area (Å²) in [7, 11) is 0. The Kier molecular flexibility index (Phi) is 5.57. The molecule has 148 valence electrons. The minimum atomic E-state index is -0.337. The van der Waals surface area contributed by atoms with Gasteiger partial charge in [0, 0.05) is 38.9 Å². The van der Waals surface area contributed by atoms with E-state index in [4.69, 9.17) is 0 Å². The minimum absolute atomic E-state index is 0.0110. The quantitative estimate of drug-likeness (QED) is 0.791. The average molecular weight is 400 g/mol. The Hall–Kier alpha value is -2.48. The highest BCUT2D eigenvalue weighted by Gasteiger charge is 2.36. The fourth-order valence-electron chi connectivity index (χ4n) is 3.96. The van der Waals surface area contributed by atoms with Gasteiger partial charge in [0.15, 0.2) is 0 Å². The topological polar surface area (TPSA) is 69.6 Å². The third kappa shape index (κ3) is 3.87. The number of hydrogen-bond acceptors (Lipinski definition) is 6. The molecule has 28 heavy (non-hydrogen) atoms. The summed E-state index contributed by atoms with van der Waals surface area (Å²) in [4.78, 5) is 41.3. The lowest BCUT2D eigenvalue weighted by molar-refractivity contribution is -0.137. The predicted octanol–water partition coefficient (Wildman–Crippen LogP) is 2.19. The number of anilines is 1. The van der Waals surface area contributed by atoms with Crippen molar-refractivity contribution in [3.8, 4) is 0 Å². The number of piperidine rings is 1. The van der Waals surface area contributed by atoms with Crippen molar-refractivity contribution in [3.63, 3.8) is 0 Å². The van der Waals surface area contributed by atoms with E-state index in [-0.39, 0.29) is 17.9 Å². The van der Waals surface area contributed by atoms with Gasteiger partial charge in [-0.3, -0.25) is 9.59 Å². The van der Waals surface area contributed by atoms with E-state index in [1.165, 1.54) is 11.3 Å². The van der Waals surface area contributed by atoms with E-state index in [2.05, 4.69) is 14.9 Å². The summed E-state index contributed by atoms with van der Waals surface area (Å²) >= 11 is 1.44. The van der Waals surface area contributed by atoms with Gasteiger partial charge >= 0.3 is 0 Å². The first-order valence-electron chi connectivity index (χ1n) is 9.81. The number of likely N-dealkylation sites (tertiary alicyclic amines) is 1. The first-order valence-corrected chi connectivity index (χ1v) is 10.7. The van der Waals surface area contributed by atoms with Crippen molar-refractivity contribution in [3.05, 3.63) is 40.5 Å². The highest BCUT2D eigenvalue weighted by Crippen LogP contribution is 2.24. The monoisotopic (exact) mass is 399 g/mol. The van der Waals surface area contributed by atoms with Crippen LogP contribution in [0.4, 0.5) is 5.82 Å². The van der Waals surface area contributed by atoms with Crippen LogP contribution in [0.1, 0.15) is 34.8 Å². The number of carbonyl (C=O) groups is 2. The van der Waals surface area contributed by atoms with Crippen molar-refractivity contribution < 1.29 is 9.59 Å². The van der Waals surface area contributed by atoms with Crippen LogP contribution < -0.4 is 4.90 Å². The zero-order valence-electron chi connectivity index (χ0n) is 16.1. The van der Waals surface area contributed by atoms with Crippen LogP contribution in [0.15, 0.2) is 29.8 Å². The summed E-state index contributed by atoms with van der Waals surface area (Å²) in [6.07, 6.45) is 4.47. The second-order valence-electron chi connectivity index (χ2n) is 7.26. The number of amides is 2. The molecule has 2 aliphatic heterocycles. The van der Waals surface area contributed by atoms with Crippen LogP contribution in [0.3, 0.4) is 0 Å². The molecule has 2 aromatic rings. The van der Waals surface area contributed by atoms with Crippen molar-refractivity contribution >= 4 is 29.0 Å². The summed E-state index contributed by atoms with van der Waals surface area (Å²) in [6.45, 7) is 5.33. The highest BCUT2D eigenvalue weighted by atomic mass is 32.1. The molecule has 0 saturated carbocycles. The van der Waals surface area contributed by atoms with Crippen LogP contribution in [-0.4, -0.2) is 70.3 Å². The maximum atomic E-state index is 13.2. The lowest BCUT2D eigenvalue weighted by Gasteiger charge is -2.41. The number of rotatable bonds is 3. The van der Waals surface area contributed by atoms with Crippen LogP contribution >= 0.6 is 11.3 Å². The average Bonchev–Trinajstić information content (AvgIpc) is 3.28. The maximum Gasteiger partial charge on any atom is 0.264 e. The molecule has 2 aliphatic rings. The molecule has 4 rings (SSSR count). The summed E-state index contributed by atoms with van der Waals surface area (Å²) < 4.78 is 0. The van der Waals surface area contributed by atoms with E-state index in [1.807, 2.05) is 35.4 Å². The normalized spacial score (nSPS) is 20.3. The van der Waals surface area contributed by atoms with Gasteiger partial charge in [0.25, 0.3) is 5.91 Å². The molecule has 0 aromatic carbocycles. The molecular formula is C20H25N5O2S. The number of thiophene rings is 1. The Morgan fingerprint density at radius 3 is 2.64 bits per heavy atom. The summed E-state index contributed by atoms with van der Waals surface area (Å²) in [5.74, 6) is 1.74. The van der Waals surface area contributed by atoms with Gasteiger partial charge in [-0.05, 0) is 43.7 Å². The summed E-state index contributed by atoms with van der Waals surface area (Å²) in [5, 5.41) is 1.90. The van der Waals surface area contributed by atoms with Crippen molar-refractivity contribution in [1.82, 2.24) is 19.8 Å². The van der Waals surface area contributed by atoms with Crippen molar-refractivity contribution in [2.24, 2.45) is 0 Å². The van der Waals surface area contributed by atoms with Gasteiger partial charge in [0.05, 0.1) is 4.88 Å². The van der Waals surface area contributed by atoms with E-state index in [0.29, 0.717) is 24.5 Å². The molecule has 1 unspecified atom stereocenters. The number of hydrogen-bond donors (Lipinski definition) is 0. The third-order valence-electron chi connectivity index (χ3n) is 5.46. The number of aryl methyl sites for hydroxylation is 1. The molecule has 2 fully saturated rings. The first-order chi connectivity index (χ1) is 13.6. The molecule has 8 heteroatoms. The first kappa shape index (κ1) is 18.9. The molecule has 0 radical (unpaired) electrons. The molecule has 4 heterocycles. The van der Waals surface area contributed by atoms with E-state index in [9.17, 15) is 9.59 Å². The SMILES string of the molecule is Cc1nccc(N2CCN(C(=O)C3CCCCN3C(=O)c3cccs3)CC2)n1. The Morgan fingerprint density at radius 2 is 1.93 bits per heavy atom. The van der Waals surface area contributed by atoms with Crippen molar-refractivity contribution in [2.45, 2.75) is 32.2 Å². The van der Waals surface area contributed by atoms with E-state index in [1.54, 1.807) is 11.1 Å². The van der Waals surface area contributed by atoms with Gasteiger partial charge in [0.2, 0.25) is 5.91 Å². The van der Waals surface area contributed by atoms with Gasteiger partial charge in [-0.25, -0.2) is 9.97 Å². The zero-order chi connectivity index (χ0) is 19.5. The van der Waals surface area contributed by atoms with Crippen molar-refractivity contribution in [1.29, 1.82) is 0 Å². The second kappa shape index (κ2) is 8.26. The van der Waals surface area contributed by atoms with Crippen LogP contribution in [-0.2, 0) is 4.79 Å². The van der Waals surface area contributed by atoms with Gasteiger partial charge in [0.1, 0.15) is 17.7 Å². The fourth-order valence-corrected chi connectivity index (χ4v) is 4.64. The molecular weight excluding hydrogens is 374 g/mol. The smallest absolute Gasteiger partial charge is 0.264 e. The van der Waals surface area contributed by atoms with Crippen LogP contribution in [0.2, 0.25) is 0 Å². The Labute approximate surface area is 169 Å². The van der Waals surface area contributed by atoms with Crippen LogP contribution in [0.25, 0.3) is 0 Å². The molecule has 2 amide bonds. The molecule has 2 saturated heterocycles. The standard InChI is InChI=1S/C20H25N5O2S/c1-15-21-8-7-18(22-15)23-10-12-24(13-11-23)19(26)16-5-2-3-9-25(16)20(27)17-6-4-14-28-17/h4,6-8,14,16H,2-3,5,9-13H2,1H3. The highest BCUT2D eigenvalue weighted by molar-refractivity contribution is 7.12. The molecule has 1 atom stereocenters. The Balaban J connectivity index is 1.41. The Morgan fingerprint density at radius 1 is 1.11 bits per heavy atom. The molecule has 0 spiro atoms. The summed E-state index contributed by atoms with van der Waals surface area (Å²) in [5.41, 5.74) is 0. The fraction of sp³-hybridized carbons (Fsp3) is 0.500. The zero-order valence-corrected chi connectivity index (χ0v) is 16.9. The van der Waals surface area contributed by atoms with Crippen LogP contribution in [0, 0.1) is 6.92 Å². The lowest BCUT2D eigenvalue weighted by atomic mass is 10.00. The van der Waals surface area contributed by atoms with E-state index in [0.717, 1.165) is 44.0 Å². The predicted molar refractivity (Wildman–Crippen MR) is 109 cm³/mol. The largest absolute Gasteiger partial charge is 0.353 e. The molecule has 0 bridgehead atoms. The van der Waals surface area contributed by atoms with Gasteiger partial charge in [-0.15, -0.1) is 11.3 Å². The second-order valence-corrected chi connectivity index (χ2v) is 8.21. The van der Waals surface area contributed by atoms with Gasteiger partial charge in [-0.1, -0.05) is 6.07 Å². The maximum absolute atomic E-state index is 13.2. The number of aromatic nitrogens is 2. The van der Waals surface area contributed by atoms with Crippen LogP contribution in [0.5, 0.6) is 0 Å². The number of nitrogens with zero attached hydrogens (tertiary/aromatic N) is 5. The third-order valence-corrected chi connectivity index (χ3v) is 6.32. The lowest BCUT2D eigenvalue weighted by Crippen LogP contribution is -2.57. The molecule has 2 aromatic heterocycles. The molecule has 0 N–H and O–H groups in total.